The van der Waals surface area contributed by atoms with E-state index < -0.39 is 11.7 Å². The van der Waals surface area contributed by atoms with Gasteiger partial charge < -0.3 is 15.1 Å². The fraction of sp³-hybridized carbons (Fsp3) is 0.667. The molecule has 0 aromatic carbocycles. The highest BCUT2D eigenvalue weighted by Gasteiger charge is 2.34. The van der Waals surface area contributed by atoms with Gasteiger partial charge in [0.05, 0.1) is 10.6 Å². The normalized spacial score (nSPS) is 20.8. The van der Waals surface area contributed by atoms with Crippen molar-refractivity contribution in [1.82, 2.24) is 15.2 Å². The molecule has 0 bridgehead atoms. The molecule has 2 aliphatic heterocycles. The van der Waals surface area contributed by atoms with E-state index in [4.69, 9.17) is 11.6 Å². The van der Waals surface area contributed by atoms with Crippen LogP contribution in [0.2, 0.25) is 5.02 Å². The van der Waals surface area contributed by atoms with Crippen molar-refractivity contribution in [3.8, 4) is 0 Å². The fourth-order valence-corrected chi connectivity index (χ4v) is 4.36. The number of hydrogen-bond acceptors (Lipinski definition) is 4. The Bertz CT molecular complexity index is 810. The van der Waals surface area contributed by atoms with Gasteiger partial charge in [-0.25, -0.2) is 4.98 Å². The fourth-order valence-electron chi connectivity index (χ4n) is 4.08. The maximum atomic E-state index is 13.0. The smallest absolute Gasteiger partial charge is 0.355 e. The second-order valence-corrected chi connectivity index (χ2v) is 8.98. The highest BCUT2D eigenvalue weighted by Crippen LogP contribution is 2.35. The van der Waals surface area contributed by atoms with Gasteiger partial charge in [-0.15, -0.1) is 0 Å². The maximum absolute atomic E-state index is 13.0. The quantitative estimate of drug-likeness (QED) is 0.743. The van der Waals surface area contributed by atoms with Gasteiger partial charge in [0.25, 0.3) is 0 Å². The number of piperidine rings is 2. The lowest BCUT2D eigenvalue weighted by Gasteiger charge is -2.38. The second-order valence-electron chi connectivity index (χ2n) is 8.58. The summed E-state index contributed by atoms with van der Waals surface area (Å²) in [7, 11) is 0. The average molecular weight is 461 g/mol. The molecule has 1 unspecified atom stereocenters. The van der Waals surface area contributed by atoms with Crippen LogP contribution in [0.4, 0.5) is 19.0 Å². The monoisotopic (exact) mass is 460 g/mol. The minimum Gasteiger partial charge on any atom is -0.355 e. The van der Waals surface area contributed by atoms with Crippen LogP contribution in [0.3, 0.4) is 0 Å². The molecule has 2 saturated heterocycles. The highest BCUT2D eigenvalue weighted by atomic mass is 35.5. The highest BCUT2D eigenvalue weighted by molar-refractivity contribution is 6.33. The van der Waals surface area contributed by atoms with Crippen LogP contribution in [-0.2, 0) is 15.8 Å². The van der Waals surface area contributed by atoms with Gasteiger partial charge >= 0.3 is 6.18 Å². The third kappa shape index (κ3) is 5.81. The summed E-state index contributed by atoms with van der Waals surface area (Å²) in [5, 5.41) is 2.97. The van der Waals surface area contributed by atoms with E-state index in [0.29, 0.717) is 44.8 Å². The Labute approximate surface area is 185 Å². The van der Waals surface area contributed by atoms with E-state index in [1.54, 1.807) is 0 Å². The zero-order valence-electron chi connectivity index (χ0n) is 17.7. The number of rotatable bonds is 4. The van der Waals surface area contributed by atoms with E-state index in [1.165, 1.54) is 0 Å². The standard InChI is InChI=1S/C21H28ClF3N4O2/c1-13(2)19(30)27-16-4-3-7-29(12-16)20(31)14-5-8-28(9-6-14)18-17(22)10-15(11-26-18)21(23,24)25/h10-11,13-14,16H,3-9,12H2,1-2H3,(H,27,30). The van der Waals surface area contributed by atoms with Crippen LogP contribution in [0.1, 0.15) is 45.1 Å². The van der Waals surface area contributed by atoms with Crippen LogP contribution in [-0.4, -0.2) is 53.9 Å². The second kappa shape index (κ2) is 9.63. The Morgan fingerprint density at radius 2 is 1.87 bits per heavy atom. The van der Waals surface area contributed by atoms with Crippen molar-refractivity contribution in [1.29, 1.82) is 0 Å². The number of nitrogens with zero attached hydrogens (tertiary/aromatic N) is 3. The molecular formula is C21H28ClF3N4O2. The van der Waals surface area contributed by atoms with Gasteiger partial charge in [0.2, 0.25) is 11.8 Å². The Balaban J connectivity index is 1.56. The van der Waals surface area contributed by atoms with Crippen molar-refractivity contribution in [3.05, 3.63) is 22.8 Å². The number of anilines is 1. The molecule has 1 aromatic rings. The van der Waals surface area contributed by atoms with Gasteiger partial charge in [-0.05, 0) is 31.7 Å². The number of carbonyl (C=O) groups is 2. The summed E-state index contributed by atoms with van der Waals surface area (Å²) in [4.78, 5) is 32.6. The van der Waals surface area contributed by atoms with Gasteiger partial charge in [0.15, 0.2) is 0 Å². The van der Waals surface area contributed by atoms with Crippen molar-refractivity contribution in [3.63, 3.8) is 0 Å². The first-order valence-corrected chi connectivity index (χ1v) is 11.0. The third-order valence-corrected chi connectivity index (χ3v) is 6.17. The maximum Gasteiger partial charge on any atom is 0.417 e. The Kier molecular flexibility index (Phi) is 7.34. The summed E-state index contributed by atoms with van der Waals surface area (Å²) in [6, 6.07) is 0.864. The minimum atomic E-state index is -4.49. The molecule has 2 amide bonds. The zero-order chi connectivity index (χ0) is 22.8. The lowest BCUT2D eigenvalue weighted by molar-refractivity contribution is -0.138. The van der Waals surface area contributed by atoms with Gasteiger partial charge in [-0.2, -0.15) is 13.2 Å². The molecule has 31 heavy (non-hydrogen) atoms. The van der Waals surface area contributed by atoms with E-state index in [2.05, 4.69) is 10.3 Å². The molecule has 1 aromatic heterocycles. The van der Waals surface area contributed by atoms with Crippen LogP contribution < -0.4 is 10.2 Å². The first-order valence-electron chi connectivity index (χ1n) is 10.6. The van der Waals surface area contributed by atoms with E-state index >= 15 is 0 Å². The van der Waals surface area contributed by atoms with Crippen LogP contribution in [0.15, 0.2) is 12.3 Å². The van der Waals surface area contributed by atoms with Crippen molar-refractivity contribution < 1.29 is 22.8 Å². The summed E-state index contributed by atoms with van der Waals surface area (Å²) in [5.41, 5.74) is -0.879. The Morgan fingerprint density at radius 3 is 2.45 bits per heavy atom. The molecule has 0 aliphatic carbocycles. The molecule has 1 atom stereocenters. The predicted molar refractivity (Wildman–Crippen MR) is 112 cm³/mol. The third-order valence-electron chi connectivity index (χ3n) is 5.90. The summed E-state index contributed by atoms with van der Waals surface area (Å²) < 4.78 is 38.5. The molecule has 172 valence electrons. The molecule has 0 radical (unpaired) electrons. The SMILES string of the molecule is CC(C)C(=O)NC1CCCN(C(=O)C2CCN(c3ncc(C(F)(F)F)cc3Cl)CC2)C1. The zero-order valence-corrected chi connectivity index (χ0v) is 18.5. The molecule has 3 rings (SSSR count). The van der Waals surface area contributed by atoms with Crippen LogP contribution in [0.25, 0.3) is 0 Å². The van der Waals surface area contributed by atoms with Crippen molar-refractivity contribution in [2.75, 3.05) is 31.1 Å². The number of amides is 2. The summed E-state index contributed by atoms with van der Waals surface area (Å²) in [6.07, 6.45) is -0.834. The van der Waals surface area contributed by atoms with Gasteiger partial charge in [0.1, 0.15) is 5.82 Å². The number of aromatic nitrogens is 1. The summed E-state index contributed by atoms with van der Waals surface area (Å²) in [6.45, 7) is 5.87. The number of pyridine rings is 1. The van der Waals surface area contributed by atoms with Crippen LogP contribution >= 0.6 is 11.6 Å². The van der Waals surface area contributed by atoms with Gasteiger partial charge in [-0.1, -0.05) is 25.4 Å². The predicted octanol–water partition coefficient (Wildman–Crippen LogP) is 3.73. The molecular weight excluding hydrogens is 433 g/mol. The van der Waals surface area contributed by atoms with E-state index in [1.807, 2.05) is 23.6 Å². The lowest BCUT2D eigenvalue weighted by atomic mass is 9.93. The number of nitrogens with one attached hydrogen (secondary N) is 1. The number of likely N-dealkylation sites (tertiary alicyclic amines) is 1. The van der Waals surface area contributed by atoms with E-state index in [-0.39, 0.29) is 34.7 Å². The van der Waals surface area contributed by atoms with Crippen LogP contribution in [0.5, 0.6) is 0 Å². The summed E-state index contributed by atoms with van der Waals surface area (Å²) in [5.74, 6) is 0.142. The Morgan fingerprint density at radius 1 is 1.19 bits per heavy atom. The largest absolute Gasteiger partial charge is 0.417 e. The van der Waals surface area contributed by atoms with E-state index in [9.17, 15) is 22.8 Å². The Hall–Kier alpha value is -2.03. The van der Waals surface area contributed by atoms with Gasteiger partial charge in [0, 0.05) is 50.3 Å². The molecule has 0 saturated carbocycles. The lowest BCUT2D eigenvalue weighted by Crippen LogP contribution is -2.52. The molecule has 2 aliphatic rings. The number of halogens is 4. The number of alkyl halides is 3. The van der Waals surface area contributed by atoms with Crippen molar-refractivity contribution in [2.24, 2.45) is 11.8 Å². The van der Waals surface area contributed by atoms with Crippen LogP contribution in [0, 0.1) is 11.8 Å². The van der Waals surface area contributed by atoms with Crippen molar-refractivity contribution >= 4 is 29.2 Å². The minimum absolute atomic E-state index is 0.00599. The molecule has 0 spiro atoms. The molecule has 1 N–H and O–H groups in total. The first kappa shape index (κ1) is 23.6. The molecule has 10 heteroatoms. The topological polar surface area (TPSA) is 65.5 Å². The molecule has 3 heterocycles. The first-order chi connectivity index (χ1) is 14.6. The number of carbonyl (C=O) groups excluding carboxylic acids is 2. The van der Waals surface area contributed by atoms with E-state index in [0.717, 1.165) is 25.1 Å². The number of hydrogen-bond donors (Lipinski definition) is 1. The molecule has 2 fully saturated rings. The van der Waals surface area contributed by atoms with Gasteiger partial charge in [-0.3, -0.25) is 9.59 Å². The molecule has 6 nitrogen and oxygen atoms in total. The van der Waals surface area contributed by atoms with Crippen molar-refractivity contribution in [2.45, 2.75) is 51.7 Å². The average Bonchev–Trinajstić information content (AvgIpc) is 2.73. The summed E-state index contributed by atoms with van der Waals surface area (Å²) >= 11 is 6.06.